The average molecular weight is 435 g/mol. The third kappa shape index (κ3) is 6.14. The summed E-state index contributed by atoms with van der Waals surface area (Å²) in [6.07, 6.45) is 6.06. The minimum absolute atomic E-state index is 0.0734. The highest BCUT2D eigenvalue weighted by atomic mass is 16.3. The summed E-state index contributed by atoms with van der Waals surface area (Å²) in [6, 6.07) is 14.9. The number of aromatic nitrogens is 1. The maximum absolute atomic E-state index is 13.3. The normalized spacial score (nSPS) is 10.6. The second kappa shape index (κ2) is 11.0. The van der Waals surface area contributed by atoms with Crippen LogP contribution in [0.1, 0.15) is 23.9 Å². The second-order valence-electron chi connectivity index (χ2n) is 7.59. The number of amides is 3. The molecule has 3 amide bonds. The molecular formula is C25H30N4O3. The lowest BCUT2D eigenvalue weighted by Crippen LogP contribution is -2.44. The predicted molar refractivity (Wildman–Crippen MR) is 125 cm³/mol. The summed E-state index contributed by atoms with van der Waals surface area (Å²) < 4.78 is 7.42. The van der Waals surface area contributed by atoms with E-state index in [9.17, 15) is 9.59 Å². The van der Waals surface area contributed by atoms with Crippen LogP contribution in [0.2, 0.25) is 0 Å². The largest absolute Gasteiger partial charge is 0.467 e. The highest BCUT2D eigenvalue weighted by Crippen LogP contribution is 2.14. The lowest BCUT2D eigenvalue weighted by atomic mass is 10.1. The van der Waals surface area contributed by atoms with E-state index in [1.54, 1.807) is 23.3 Å². The van der Waals surface area contributed by atoms with Crippen LogP contribution < -0.4 is 5.32 Å². The number of aryl methyl sites for hydroxylation is 2. The summed E-state index contributed by atoms with van der Waals surface area (Å²) >= 11 is 0. The van der Waals surface area contributed by atoms with E-state index >= 15 is 0 Å². The van der Waals surface area contributed by atoms with Crippen LogP contribution >= 0.6 is 0 Å². The topological polar surface area (TPSA) is 70.7 Å². The number of hydrogen-bond acceptors (Lipinski definition) is 3. The SMILES string of the molecule is C=CCN(CC(=O)N(Cc1ccco1)Cc1cccn1C)C(=O)Nc1ccc(CC)cc1. The number of nitrogens with one attached hydrogen (secondary N) is 1. The third-order valence-electron chi connectivity index (χ3n) is 5.26. The van der Waals surface area contributed by atoms with Crippen LogP contribution in [0.3, 0.4) is 0 Å². The minimum atomic E-state index is -0.348. The van der Waals surface area contributed by atoms with Crippen LogP contribution in [0, 0.1) is 0 Å². The summed E-state index contributed by atoms with van der Waals surface area (Å²) in [4.78, 5) is 29.3. The summed E-state index contributed by atoms with van der Waals surface area (Å²) in [7, 11) is 1.94. The lowest BCUT2D eigenvalue weighted by Gasteiger charge is -2.27. The van der Waals surface area contributed by atoms with Gasteiger partial charge >= 0.3 is 6.03 Å². The first-order valence-electron chi connectivity index (χ1n) is 10.7. The second-order valence-corrected chi connectivity index (χ2v) is 7.59. The fraction of sp³-hybridized carbons (Fsp3) is 0.280. The molecule has 2 aromatic heterocycles. The molecule has 0 saturated heterocycles. The number of nitrogens with zero attached hydrogens (tertiary/aromatic N) is 3. The molecule has 1 aromatic carbocycles. The molecule has 0 unspecified atom stereocenters. The molecule has 0 saturated carbocycles. The van der Waals surface area contributed by atoms with Gasteiger partial charge in [-0.3, -0.25) is 4.79 Å². The molecule has 32 heavy (non-hydrogen) atoms. The molecule has 7 nitrogen and oxygen atoms in total. The highest BCUT2D eigenvalue weighted by Gasteiger charge is 2.22. The van der Waals surface area contributed by atoms with Crippen molar-refractivity contribution in [2.24, 2.45) is 7.05 Å². The van der Waals surface area contributed by atoms with E-state index in [1.165, 1.54) is 10.5 Å². The Kier molecular flexibility index (Phi) is 7.91. The van der Waals surface area contributed by atoms with Crippen LogP contribution in [0.4, 0.5) is 10.5 Å². The Balaban J connectivity index is 1.71. The molecule has 0 fully saturated rings. The average Bonchev–Trinajstić information content (AvgIpc) is 3.45. The van der Waals surface area contributed by atoms with Gasteiger partial charge in [0.05, 0.1) is 19.4 Å². The van der Waals surface area contributed by atoms with Crippen molar-refractivity contribution in [1.82, 2.24) is 14.4 Å². The predicted octanol–water partition coefficient (Wildman–Crippen LogP) is 4.43. The van der Waals surface area contributed by atoms with Crippen molar-refractivity contribution in [3.8, 4) is 0 Å². The molecule has 0 radical (unpaired) electrons. The molecule has 0 bridgehead atoms. The van der Waals surface area contributed by atoms with Crippen molar-refractivity contribution < 1.29 is 14.0 Å². The van der Waals surface area contributed by atoms with E-state index in [1.807, 2.05) is 60.3 Å². The molecule has 0 aliphatic heterocycles. The van der Waals surface area contributed by atoms with Crippen LogP contribution in [-0.4, -0.2) is 39.4 Å². The van der Waals surface area contributed by atoms with Crippen molar-refractivity contribution in [2.45, 2.75) is 26.4 Å². The zero-order valence-corrected chi connectivity index (χ0v) is 18.7. The summed E-state index contributed by atoms with van der Waals surface area (Å²) in [5, 5.41) is 2.87. The van der Waals surface area contributed by atoms with Gasteiger partial charge in [-0.05, 0) is 48.4 Å². The maximum Gasteiger partial charge on any atom is 0.322 e. The lowest BCUT2D eigenvalue weighted by molar-refractivity contribution is -0.133. The number of furan rings is 1. The molecule has 0 atom stereocenters. The number of carbonyl (C=O) groups is 2. The van der Waals surface area contributed by atoms with Crippen molar-refractivity contribution in [3.63, 3.8) is 0 Å². The number of hydrogen-bond donors (Lipinski definition) is 1. The molecule has 1 N–H and O–H groups in total. The Morgan fingerprint density at radius 3 is 2.47 bits per heavy atom. The monoisotopic (exact) mass is 434 g/mol. The standard InChI is InChI=1S/C25H30N4O3/c1-4-14-28(25(31)26-21-12-10-20(5-2)11-13-21)19-24(30)29(18-23-9-7-16-32-23)17-22-8-6-15-27(22)3/h4,6-13,15-16H,1,5,14,17-19H2,2-3H3,(H,26,31). The van der Waals surface area contributed by atoms with E-state index in [2.05, 4.69) is 18.8 Å². The molecule has 2 heterocycles. The van der Waals surface area contributed by atoms with Crippen LogP contribution in [0.5, 0.6) is 0 Å². The van der Waals surface area contributed by atoms with Gasteiger partial charge in [0, 0.05) is 31.2 Å². The van der Waals surface area contributed by atoms with Gasteiger partial charge in [0.15, 0.2) is 0 Å². The van der Waals surface area contributed by atoms with Gasteiger partial charge < -0.3 is 24.1 Å². The number of urea groups is 1. The first-order valence-corrected chi connectivity index (χ1v) is 10.7. The van der Waals surface area contributed by atoms with Crippen molar-refractivity contribution in [2.75, 3.05) is 18.4 Å². The summed E-state index contributed by atoms with van der Waals surface area (Å²) in [5.74, 6) is 0.504. The third-order valence-corrected chi connectivity index (χ3v) is 5.26. The summed E-state index contributed by atoms with van der Waals surface area (Å²) in [5.41, 5.74) is 2.86. The fourth-order valence-corrected chi connectivity index (χ4v) is 3.34. The highest BCUT2D eigenvalue weighted by molar-refractivity contribution is 5.92. The number of rotatable bonds is 10. The number of benzene rings is 1. The van der Waals surface area contributed by atoms with E-state index in [-0.39, 0.29) is 25.0 Å². The Morgan fingerprint density at radius 1 is 1.09 bits per heavy atom. The van der Waals surface area contributed by atoms with E-state index in [4.69, 9.17) is 4.42 Å². The molecule has 0 aliphatic rings. The Labute approximate surface area is 188 Å². The van der Waals surface area contributed by atoms with Crippen LogP contribution in [0.25, 0.3) is 0 Å². The fourth-order valence-electron chi connectivity index (χ4n) is 3.34. The minimum Gasteiger partial charge on any atom is -0.467 e. The smallest absolute Gasteiger partial charge is 0.322 e. The molecule has 0 spiro atoms. The Bertz CT molecular complexity index is 1020. The Hall–Kier alpha value is -3.74. The molecule has 168 valence electrons. The first-order chi connectivity index (χ1) is 15.5. The molecule has 3 rings (SSSR count). The van der Waals surface area contributed by atoms with Gasteiger partial charge in [-0.15, -0.1) is 6.58 Å². The van der Waals surface area contributed by atoms with Gasteiger partial charge in [-0.2, -0.15) is 0 Å². The first kappa shape index (κ1) is 22.9. The summed E-state index contributed by atoms with van der Waals surface area (Å²) in [6.45, 7) is 6.72. The van der Waals surface area contributed by atoms with Gasteiger partial charge in [-0.25, -0.2) is 4.79 Å². The molecular weight excluding hydrogens is 404 g/mol. The van der Waals surface area contributed by atoms with Gasteiger partial charge in [0.1, 0.15) is 12.3 Å². The van der Waals surface area contributed by atoms with Gasteiger partial charge in [-0.1, -0.05) is 25.1 Å². The van der Waals surface area contributed by atoms with Crippen LogP contribution in [0.15, 0.2) is 78.1 Å². The van der Waals surface area contributed by atoms with Crippen molar-refractivity contribution >= 4 is 17.6 Å². The Morgan fingerprint density at radius 2 is 1.88 bits per heavy atom. The van der Waals surface area contributed by atoms with Crippen molar-refractivity contribution in [3.05, 3.63) is 90.7 Å². The van der Waals surface area contributed by atoms with E-state index < -0.39 is 0 Å². The zero-order chi connectivity index (χ0) is 22.9. The van der Waals surface area contributed by atoms with E-state index in [0.717, 1.165) is 12.1 Å². The van der Waals surface area contributed by atoms with Crippen molar-refractivity contribution in [1.29, 1.82) is 0 Å². The van der Waals surface area contributed by atoms with Gasteiger partial charge in [0.25, 0.3) is 0 Å². The quantitative estimate of drug-likeness (QED) is 0.480. The molecule has 3 aromatic rings. The zero-order valence-electron chi connectivity index (χ0n) is 18.7. The molecule has 0 aliphatic carbocycles. The number of carbonyl (C=O) groups excluding carboxylic acids is 2. The van der Waals surface area contributed by atoms with E-state index in [0.29, 0.717) is 24.5 Å². The molecule has 7 heteroatoms. The van der Waals surface area contributed by atoms with Gasteiger partial charge in [0.2, 0.25) is 5.91 Å². The number of anilines is 1. The van der Waals surface area contributed by atoms with Crippen LogP contribution in [-0.2, 0) is 31.4 Å². The maximum atomic E-state index is 13.3.